The van der Waals surface area contributed by atoms with Crippen molar-refractivity contribution in [3.05, 3.63) is 72.8 Å². The van der Waals surface area contributed by atoms with Crippen molar-refractivity contribution >= 4 is 44.3 Å². The van der Waals surface area contributed by atoms with Crippen LogP contribution in [0.2, 0.25) is 0 Å². The molecule has 0 aliphatic carbocycles. The molecule has 2 heterocycles. The van der Waals surface area contributed by atoms with E-state index in [1.807, 2.05) is 0 Å². The fraction of sp³-hybridized carbons (Fsp3) is 0.286. The fourth-order valence-electron chi connectivity index (χ4n) is 6.38. The number of hydrogen-bond acceptors (Lipinski definition) is 4. The van der Waals surface area contributed by atoms with E-state index in [0.717, 1.165) is 0 Å². The molecule has 4 nitrogen and oxygen atoms in total. The Morgan fingerprint density at radius 3 is 0.938 bits per heavy atom. The molecular formula is C28H30N4. The zero-order valence-electron chi connectivity index (χ0n) is 19.7. The molecule has 4 aromatic rings. The molecule has 2 aliphatic rings. The van der Waals surface area contributed by atoms with Crippen molar-refractivity contribution in [3.63, 3.8) is 0 Å². The van der Waals surface area contributed by atoms with Crippen LogP contribution < -0.4 is 19.6 Å². The third kappa shape index (κ3) is 1.99. The molecule has 6 rings (SSSR count). The monoisotopic (exact) mass is 422 g/mol. The summed E-state index contributed by atoms with van der Waals surface area (Å²) in [6, 6.07) is 26.6. The van der Waals surface area contributed by atoms with E-state index in [1.165, 1.54) is 44.3 Å². The highest BCUT2D eigenvalue weighted by Gasteiger charge is 2.59. The van der Waals surface area contributed by atoms with Crippen LogP contribution in [-0.2, 0) is 0 Å². The number of hydrogen-bond donors (Lipinski definition) is 0. The number of benzene rings is 4. The number of anilines is 4. The molecular weight excluding hydrogens is 392 g/mol. The second-order valence-corrected chi connectivity index (χ2v) is 9.58. The van der Waals surface area contributed by atoms with E-state index < -0.39 is 0 Å². The summed E-state index contributed by atoms with van der Waals surface area (Å²) in [6.07, 6.45) is 0. The molecule has 4 heteroatoms. The third-order valence-corrected chi connectivity index (χ3v) is 8.68. The lowest BCUT2D eigenvalue weighted by Crippen LogP contribution is -2.80. The Morgan fingerprint density at radius 2 is 0.688 bits per heavy atom. The maximum atomic E-state index is 2.48. The Kier molecular flexibility index (Phi) is 3.68. The van der Waals surface area contributed by atoms with Crippen molar-refractivity contribution in [2.24, 2.45) is 0 Å². The van der Waals surface area contributed by atoms with E-state index in [4.69, 9.17) is 0 Å². The molecule has 0 unspecified atom stereocenters. The van der Waals surface area contributed by atoms with Gasteiger partial charge in [0.25, 0.3) is 0 Å². The Labute approximate surface area is 190 Å². The topological polar surface area (TPSA) is 13.0 Å². The fourth-order valence-corrected chi connectivity index (χ4v) is 6.38. The van der Waals surface area contributed by atoms with Gasteiger partial charge in [0.05, 0.1) is 0 Å². The summed E-state index contributed by atoms with van der Waals surface area (Å²) >= 11 is 0. The first-order valence-corrected chi connectivity index (χ1v) is 11.3. The number of rotatable bonds is 1. The summed E-state index contributed by atoms with van der Waals surface area (Å²) in [5.74, 6) is 0. The molecule has 0 aromatic heterocycles. The third-order valence-electron chi connectivity index (χ3n) is 8.68. The predicted molar refractivity (Wildman–Crippen MR) is 138 cm³/mol. The molecule has 0 spiro atoms. The van der Waals surface area contributed by atoms with Crippen molar-refractivity contribution in [1.82, 2.24) is 0 Å². The molecule has 0 saturated carbocycles. The Morgan fingerprint density at radius 1 is 0.438 bits per heavy atom. The predicted octanol–water partition coefficient (Wildman–Crippen LogP) is 5.90. The SMILES string of the molecule is CN1c2cccc3cccc(c23)N(C)C1(C)C1(C)N(C)c2cccc3cccc(c23)N1C. The van der Waals surface area contributed by atoms with Crippen molar-refractivity contribution in [2.45, 2.75) is 25.2 Å². The lowest BCUT2D eigenvalue weighted by atomic mass is 9.82. The van der Waals surface area contributed by atoms with Crippen LogP contribution in [0.4, 0.5) is 22.7 Å². The van der Waals surface area contributed by atoms with Gasteiger partial charge < -0.3 is 19.6 Å². The first kappa shape index (κ1) is 19.3. The van der Waals surface area contributed by atoms with Gasteiger partial charge in [0, 0.05) is 61.7 Å². The van der Waals surface area contributed by atoms with E-state index >= 15 is 0 Å². The lowest BCUT2D eigenvalue weighted by molar-refractivity contribution is 0.232. The molecule has 32 heavy (non-hydrogen) atoms. The Hall–Kier alpha value is -3.40. The highest BCUT2D eigenvalue weighted by atomic mass is 15.5. The minimum Gasteiger partial charge on any atom is -0.348 e. The molecule has 0 N–H and O–H groups in total. The van der Waals surface area contributed by atoms with E-state index in [2.05, 4.69) is 134 Å². The van der Waals surface area contributed by atoms with Gasteiger partial charge >= 0.3 is 0 Å². The zero-order valence-corrected chi connectivity index (χ0v) is 19.7. The lowest BCUT2D eigenvalue weighted by Gasteiger charge is -2.66. The minimum absolute atomic E-state index is 0.366. The molecule has 0 fully saturated rings. The molecule has 0 bridgehead atoms. The standard InChI is InChI=1S/C28H30N4/c1-27(29(3)21-15-7-11-19-12-8-16-22(25(19)21)30(27)4)28(2)31(5)23-17-9-13-20-14-10-18-24(26(20)23)32(28)6/h7-18H,1-6H3. The van der Waals surface area contributed by atoms with Crippen LogP contribution >= 0.6 is 0 Å². The molecule has 162 valence electrons. The molecule has 0 atom stereocenters. The number of nitrogens with zero attached hydrogens (tertiary/aromatic N) is 4. The van der Waals surface area contributed by atoms with Gasteiger partial charge in [-0.3, -0.25) is 0 Å². The van der Waals surface area contributed by atoms with E-state index in [9.17, 15) is 0 Å². The van der Waals surface area contributed by atoms with Crippen molar-refractivity contribution in [3.8, 4) is 0 Å². The molecule has 4 aromatic carbocycles. The van der Waals surface area contributed by atoms with E-state index in [-0.39, 0.29) is 11.3 Å². The van der Waals surface area contributed by atoms with Crippen LogP contribution in [0.25, 0.3) is 21.5 Å². The van der Waals surface area contributed by atoms with Crippen molar-refractivity contribution < 1.29 is 0 Å². The van der Waals surface area contributed by atoms with Gasteiger partial charge in [-0.25, -0.2) is 0 Å². The first-order valence-electron chi connectivity index (χ1n) is 11.3. The second-order valence-electron chi connectivity index (χ2n) is 9.58. The second kappa shape index (κ2) is 6.10. The summed E-state index contributed by atoms with van der Waals surface area (Å²) in [5.41, 5.74) is 4.37. The molecule has 0 radical (unpaired) electrons. The minimum atomic E-state index is -0.366. The highest BCUT2D eigenvalue weighted by Crippen LogP contribution is 2.54. The highest BCUT2D eigenvalue weighted by molar-refractivity contribution is 6.08. The van der Waals surface area contributed by atoms with Gasteiger partial charge in [0.15, 0.2) is 11.3 Å². The van der Waals surface area contributed by atoms with Gasteiger partial charge in [0.1, 0.15) is 0 Å². The van der Waals surface area contributed by atoms with E-state index in [1.54, 1.807) is 0 Å². The first-order chi connectivity index (χ1) is 15.3. The van der Waals surface area contributed by atoms with Gasteiger partial charge in [-0.2, -0.15) is 0 Å². The van der Waals surface area contributed by atoms with Crippen LogP contribution in [0.15, 0.2) is 72.8 Å². The average molecular weight is 423 g/mol. The van der Waals surface area contributed by atoms with Gasteiger partial charge in [-0.1, -0.05) is 48.5 Å². The smallest absolute Gasteiger partial charge is 0.152 e. The Bertz CT molecular complexity index is 1190. The summed E-state index contributed by atoms with van der Waals surface area (Å²) in [6.45, 7) is 4.76. The van der Waals surface area contributed by atoms with Crippen LogP contribution in [0.3, 0.4) is 0 Å². The zero-order chi connectivity index (χ0) is 22.4. The van der Waals surface area contributed by atoms with Crippen LogP contribution in [0, 0.1) is 0 Å². The molecule has 0 amide bonds. The maximum Gasteiger partial charge on any atom is 0.152 e. The van der Waals surface area contributed by atoms with Gasteiger partial charge in [0.2, 0.25) is 0 Å². The summed E-state index contributed by atoms with van der Waals surface area (Å²) in [7, 11) is 8.98. The van der Waals surface area contributed by atoms with Gasteiger partial charge in [-0.15, -0.1) is 0 Å². The van der Waals surface area contributed by atoms with Crippen molar-refractivity contribution in [2.75, 3.05) is 47.8 Å². The molecule has 2 aliphatic heterocycles. The molecule has 0 saturated heterocycles. The largest absolute Gasteiger partial charge is 0.348 e. The van der Waals surface area contributed by atoms with Crippen LogP contribution in [0.5, 0.6) is 0 Å². The van der Waals surface area contributed by atoms with Crippen molar-refractivity contribution in [1.29, 1.82) is 0 Å². The summed E-state index contributed by atoms with van der Waals surface area (Å²) in [5, 5.41) is 5.21. The normalized spacial score (nSPS) is 18.6. The Balaban J connectivity index is 1.64. The van der Waals surface area contributed by atoms with Crippen LogP contribution in [-0.4, -0.2) is 39.5 Å². The number of likely N-dealkylation sites (N-methyl/N-ethyl adjacent to an activating group) is 4. The van der Waals surface area contributed by atoms with Crippen LogP contribution in [0.1, 0.15) is 13.8 Å². The maximum absolute atomic E-state index is 2.48. The average Bonchev–Trinajstić information content (AvgIpc) is 2.82. The van der Waals surface area contributed by atoms with E-state index in [0.29, 0.717) is 0 Å². The quantitative estimate of drug-likeness (QED) is 0.379. The summed E-state index contributed by atoms with van der Waals surface area (Å²) < 4.78 is 0. The van der Waals surface area contributed by atoms with Gasteiger partial charge in [-0.05, 0) is 48.9 Å². The summed E-state index contributed by atoms with van der Waals surface area (Å²) in [4.78, 5) is 9.90.